The van der Waals surface area contributed by atoms with Crippen LogP contribution in [0.4, 0.5) is 17.1 Å². The van der Waals surface area contributed by atoms with Crippen LogP contribution in [0.2, 0.25) is 0 Å². The largest absolute Gasteiger partial charge is 0.309 e. The van der Waals surface area contributed by atoms with Crippen LogP contribution in [0.3, 0.4) is 0 Å². The normalized spacial score (nSPS) is 11.6. The Morgan fingerprint density at radius 3 is 2.11 bits per heavy atom. The third-order valence-corrected chi connectivity index (χ3v) is 8.82. The second-order valence-electron chi connectivity index (χ2n) is 11.3. The first-order valence-electron chi connectivity index (χ1n) is 15.0. The molecule has 0 aliphatic rings. The van der Waals surface area contributed by atoms with Crippen LogP contribution >= 0.6 is 0 Å². The van der Waals surface area contributed by atoms with E-state index in [1.165, 1.54) is 60.2 Å². The first-order chi connectivity index (χ1) is 21.8. The molecule has 0 aliphatic carbocycles. The maximum absolute atomic E-state index is 4.46. The van der Waals surface area contributed by atoms with Gasteiger partial charge < -0.3 is 9.47 Å². The van der Waals surface area contributed by atoms with Crippen LogP contribution in [0.5, 0.6) is 0 Å². The van der Waals surface area contributed by atoms with Gasteiger partial charge in [0.05, 0.1) is 28.6 Å². The molecular weight excluding hydrogens is 534 g/mol. The number of nitrogens with zero attached hydrogens (tertiary/aromatic N) is 3. The van der Waals surface area contributed by atoms with Gasteiger partial charge in [-0.05, 0) is 81.9 Å². The lowest BCUT2D eigenvalue weighted by molar-refractivity contribution is 1.18. The van der Waals surface area contributed by atoms with Gasteiger partial charge >= 0.3 is 0 Å². The van der Waals surface area contributed by atoms with Crippen LogP contribution in [0.25, 0.3) is 60.2 Å². The summed E-state index contributed by atoms with van der Waals surface area (Å²) in [7, 11) is 0. The summed E-state index contributed by atoms with van der Waals surface area (Å²) >= 11 is 0. The molecule has 0 saturated carbocycles. The fourth-order valence-corrected chi connectivity index (χ4v) is 6.90. The van der Waals surface area contributed by atoms with Gasteiger partial charge in [-0.25, -0.2) is 0 Å². The zero-order valence-electron chi connectivity index (χ0n) is 23.9. The molecule has 9 rings (SSSR count). The van der Waals surface area contributed by atoms with Gasteiger partial charge in [-0.3, -0.25) is 4.98 Å². The van der Waals surface area contributed by atoms with Gasteiger partial charge in [-0.2, -0.15) is 0 Å². The molecule has 44 heavy (non-hydrogen) atoms. The highest BCUT2D eigenvalue weighted by molar-refractivity contribution is 6.26. The Morgan fingerprint density at radius 1 is 0.477 bits per heavy atom. The fraction of sp³-hybridized carbons (Fsp3) is 0. The molecule has 0 amide bonds. The Balaban J connectivity index is 1.21. The van der Waals surface area contributed by atoms with E-state index in [9.17, 15) is 0 Å². The van der Waals surface area contributed by atoms with Gasteiger partial charge in [0.15, 0.2) is 0 Å². The van der Waals surface area contributed by atoms with Crippen LogP contribution in [-0.2, 0) is 0 Å². The summed E-state index contributed by atoms with van der Waals surface area (Å²) in [4.78, 5) is 6.75. The molecule has 7 aromatic carbocycles. The van der Waals surface area contributed by atoms with Crippen molar-refractivity contribution in [2.24, 2.45) is 0 Å². The molecule has 2 heterocycles. The molecule has 0 N–H and O–H groups in total. The highest BCUT2D eigenvalue weighted by atomic mass is 15.1. The maximum Gasteiger partial charge on any atom is 0.0645 e. The lowest BCUT2D eigenvalue weighted by atomic mass is 9.94. The van der Waals surface area contributed by atoms with Crippen molar-refractivity contribution in [2.75, 3.05) is 4.90 Å². The predicted octanol–water partition coefficient (Wildman–Crippen LogP) is 11.1. The van der Waals surface area contributed by atoms with E-state index in [2.05, 4.69) is 160 Å². The Morgan fingerprint density at radius 2 is 1.25 bits per heavy atom. The van der Waals surface area contributed by atoms with E-state index in [1.54, 1.807) is 0 Å². The number of anilines is 3. The molecule has 3 heteroatoms. The van der Waals surface area contributed by atoms with Crippen molar-refractivity contribution < 1.29 is 0 Å². The number of rotatable bonds is 5. The van der Waals surface area contributed by atoms with Crippen LogP contribution in [0, 0.1) is 0 Å². The topological polar surface area (TPSA) is 21.1 Å². The Hall–Kier alpha value is -5.93. The van der Waals surface area contributed by atoms with E-state index in [1.807, 2.05) is 18.5 Å². The van der Waals surface area contributed by atoms with Crippen molar-refractivity contribution in [3.8, 4) is 16.8 Å². The van der Waals surface area contributed by atoms with E-state index >= 15 is 0 Å². The van der Waals surface area contributed by atoms with E-state index in [0.717, 1.165) is 17.1 Å². The van der Waals surface area contributed by atoms with Gasteiger partial charge in [0.1, 0.15) is 0 Å². The number of para-hydroxylation sites is 1. The number of benzene rings is 7. The molecular formula is C41H27N3. The predicted molar refractivity (Wildman–Crippen MR) is 185 cm³/mol. The molecule has 0 unspecified atom stereocenters. The zero-order chi connectivity index (χ0) is 29.0. The highest BCUT2D eigenvalue weighted by Crippen LogP contribution is 2.43. The van der Waals surface area contributed by atoms with Gasteiger partial charge in [0.2, 0.25) is 0 Å². The molecule has 0 fully saturated rings. The first kappa shape index (κ1) is 24.6. The molecule has 3 nitrogen and oxygen atoms in total. The summed E-state index contributed by atoms with van der Waals surface area (Å²) in [6.07, 6.45) is 3.75. The van der Waals surface area contributed by atoms with Crippen molar-refractivity contribution in [3.05, 3.63) is 164 Å². The molecule has 0 radical (unpaired) electrons. The Kier molecular flexibility index (Phi) is 5.50. The summed E-state index contributed by atoms with van der Waals surface area (Å²) in [5.41, 5.74) is 9.33. The number of pyridine rings is 1. The minimum absolute atomic E-state index is 1.03. The monoisotopic (exact) mass is 561 g/mol. The van der Waals surface area contributed by atoms with Crippen LogP contribution in [0.1, 0.15) is 0 Å². The standard InChI is InChI=1S/C41H27N3/c1-2-12-31(13-3-1)44-38-17-7-11-30-20-23-36-34(24-25-39(44)41(36)40(30)38)29-18-21-32(22-19-29)43(33-14-8-26-42-27-33)37-16-6-10-28-9-4-5-15-35(28)37/h1-27H. The second kappa shape index (κ2) is 9.82. The molecule has 0 atom stereocenters. The molecule has 0 bridgehead atoms. The third kappa shape index (κ3) is 3.73. The second-order valence-corrected chi connectivity index (χ2v) is 11.3. The summed E-state index contributed by atoms with van der Waals surface area (Å²) in [5.74, 6) is 0. The molecule has 0 saturated heterocycles. The maximum atomic E-state index is 4.46. The summed E-state index contributed by atoms with van der Waals surface area (Å²) < 4.78 is 2.40. The van der Waals surface area contributed by atoms with Crippen molar-refractivity contribution in [1.82, 2.24) is 9.55 Å². The van der Waals surface area contributed by atoms with Gasteiger partial charge in [-0.15, -0.1) is 0 Å². The summed E-state index contributed by atoms with van der Waals surface area (Å²) in [6, 6.07) is 54.5. The summed E-state index contributed by atoms with van der Waals surface area (Å²) in [6.45, 7) is 0. The lowest BCUT2D eigenvalue weighted by Crippen LogP contribution is -2.10. The minimum Gasteiger partial charge on any atom is -0.309 e. The number of aromatic nitrogens is 2. The van der Waals surface area contributed by atoms with Gasteiger partial charge in [-0.1, -0.05) is 97.1 Å². The summed E-state index contributed by atoms with van der Waals surface area (Å²) in [5, 5.41) is 7.59. The molecule has 0 aliphatic heterocycles. The lowest BCUT2D eigenvalue weighted by Gasteiger charge is -2.26. The fourth-order valence-electron chi connectivity index (χ4n) is 6.90. The van der Waals surface area contributed by atoms with E-state index in [0.29, 0.717) is 0 Å². The van der Waals surface area contributed by atoms with E-state index in [4.69, 9.17) is 0 Å². The minimum atomic E-state index is 1.03. The average molecular weight is 562 g/mol. The third-order valence-electron chi connectivity index (χ3n) is 8.82. The average Bonchev–Trinajstić information content (AvgIpc) is 3.44. The molecule has 2 aromatic heterocycles. The highest BCUT2D eigenvalue weighted by Gasteiger charge is 2.19. The van der Waals surface area contributed by atoms with Crippen molar-refractivity contribution >= 4 is 60.4 Å². The van der Waals surface area contributed by atoms with Crippen molar-refractivity contribution in [2.45, 2.75) is 0 Å². The van der Waals surface area contributed by atoms with Gasteiger partial charge in [0.25, 0.3) is 0 Å². The first-order valence-corrected chi connectivity index (χ1v) is 15.0. The number of hydrogen-bond acceptors (Lipinski definition) is 2. The molecule has 206 valence electrons. The van der Waals surface area contributed by atoms with Crippen molar-refractivity contribution in [1.29, 1.82) is 0 Å². The van der Waals surface area contributed by atoms with Gasteiger partial charge in [0, 0.05) is 33.7 Å². The number of fused-ring (bicyclic) bond motifs is 1. The van der Waals surface area contributed by atoms with E-state index < -0.39 is 0 Å². The van der Waals surface area contributed by atoms with E-state index in [-0.39, 0.29) is 0 Å². The zero-order valence-corrected chi connectivity index (χ0v) is 23.9. The molecule has 0 spiro atoms. The van der Waals surface area contributed by atoms with Crippen LogP contribution in [0.15, 0.2) is 164 Å². The van der Waals surface area contributed by atoms with Crippen molar-refractivity contribution in [3.63, 3.8) is 0 Å². The number of hydrogen-bond donors (Lipinski definition) is 0. The SMILES string of the molecule is c1ccc(-n2c3cccc4ccc5c(-c6ccc(N(c7cccnc7)c7cccc8ccccc78)cc6)ccc2c5c43)cc1. The Bertz CT molecular complexity index is 2420. The van der Waals surface area contributed by atoms with Crippen LogP contribution < -0.4 is 4.90 Å². The smallest absolute Gasteiger partial charge is 0.0645 e. The van der Waals surface area contributed by atoms with Crippen LogP contribution in [-0.4, -0.2) is 9.55 Å². The molecule has 9 aromatic rings. The Labute approximate surface area is 255 Å². The quantitative estimate of drug-likeness (QED) is 0.195.